The van der Waals surface area contributed by atoms with Crippen LogP contribution in [0.25, 0.3) is 0 Å². The van der Waals surface area contributed by atoms with Gasteiger partial charge in [-0.15, -0.1) is 11.8 Å². The number of rotatable bonds is 6. The molecule has 136 valence electrons. The van der Waals surface area contributed by atoms with E-state index in [1.807, 2.05) is 42.5 Å². The molecule has 0 spiro atoms. The fourth-order valence-electron chi connectivity index (χ4n) is 2.19. The van der Waals surface area contributed by atoms with Crippen molar-refractivity contribution in [2.75, 3.05) is 0 Å². The maximum absolute atomic E-state index is 12.0. The second-order valence-corrected chi connectivity index (χ2v) is 6.95. The minimum absolute atomic E-state index is 0.127. The molecule has 0 radical (unpaired) electrons. The number of benzene rings is 2. The standard InChI is InChI=1S/C20H16ClN3O2S/c21-17-9-7-15(8-10-17)20(25)26-24-19(22)16-5-3-4-14(12-16)13-27-18-6-1-2-11-23-18/h1-12H,13H2,(H2,22,24). The van der Waals surface area contributed by atoms with E-state index in [0.717, 1.165) is 16.3 Å². The van der Waals surface area contributed by atoms with Gasteiger partial charge in [0.15, 0.2) is 5.84 Å². The fourth-order valence-corrected chi connectivity index (χ4v) is 3.12. The van der Waals surface area contributed by atoms with Gasteiger partial charge < -0.3 is 10.6 Å². The van der Waals surface area contributed by atoms with Crippen LogP contribution in [0.2, 0.25) is 5.02 Å². The molecule has 0 bridgehead atoms. The van der Waals surface area contributed by atoms with Crippen LogP contribution in [0.3, 0.4) is 0 Å². The zero-order valence-corrected chi connectivity index (χ0v) is 15.8. The first-order valence-corrected chi connectivity index (χ1v) is 9.42. The molecule has 1 aromatic heterocycles. The number of pyridine rings is 1. The highest BCUT2D eigenvalue weighted by Crippen LogP contribution is 2.20. The van der Waals surface area contributed by atoms with Gasteiger partial charge in [-0.2, -0.15) is 0 Å². The minimum Gasteiger partial charge on any atom is -0.380 e. The lowest BCUT2D eigenvalue weighted by Gasteiger charge is -2.05. The van der Waals surface area contributed by atoms with E-state index in [0.29, 0.717) is 16.1 Å². The lowest BCUT2D eigenvalue weighted by atomic mass is 10.1. The second kappa shape index (κ2) is 9.21. The van der Waals surface area contributed by atoms with Gasteiger partial charge in [-0.05, 0) is 48.0 Å². The van der Waals surface area contributed by atoms with Crippen LogP contribution in [0.1, 0.15) is 21.5 Å². The highest BCUT2D eigenvalue weighted by molar-refractivity contribution is 7.98. The number of nitrogens with zero attached hydrogens (tertiary/aromatic N) is 2. The normalized spacial score (nSPS) is 11.2. The van der Waals surface area contributed by atoms with Crippen LogP contribution in [0.5, 0.6) is 0 Å². The van der Waals surface area contributed by atoms with Gasteiger partial charge in [-0.1, -0.05) is 41.0 Å². The summed E-state index contributed by atoms with van der Waals surface area (Å²) >= 11 is 7.42. The number of aromatic nitrogens is 1. The van der Waals surface area contributed by atoms with E-state index >= 15 is 0 Å². The molecule has 0 amide bonds. The van der Waals surface area contributed by atoms with Crippen LogP contribution >= 0.6 is 23.4 Å². The molecule has 0 aliphatic carbocycles. The number of carbonyl (C=O) groups is 1. The summed E-state index contributed by atoms with van der Waals surface area (Å²) in [6.45, 7) is 0. The molecule has 5 nitrogen and oxygen atoms in total. The first-order valence-electron chi connectivity index (χ1n) is 8.05. The van der Waals surface area contributed by atoms with Gasteiger partial charge in [0, 0.05) is 22.5 Å². The van der Waals surface area contributed by atoms with Gasteiger partial charge in [-0.25, -0.2) is 9.78 Å². The smallest absolute Gasteiger partial charge is 0.365 e. The first-order chi connectivity index (χ1) is 13.1. The molecule has 2 aromatic carbocycles. The van der Waals surface area contributed by atoms with Crippen LogP contribution in [-0.2, 0) is 10.6 Å². The number of thioether (sulfide) groups is 1. The van der Waals surface area contributed by atoms with Crippen LogP contribution in [0.4, 0.5) is 0 Å². The molecular formula is C20H16ClN3O2S. The Kier molecular flexibility index (Phi) is 6.46. The van der Waals surface area contributed by atoms with Crippen molar-refractivity contribution < 1.29 is 9.63 Å². The summed E-state index contributed by atoms with van der Waals surface area (Å²) in [5, 5.41) is 5.23. The summed E-state index contributed by atoms with van der Waals surface area (Å²) in [6, 6.07) is 19.7. The molecule has 0 fully saturated rings. The average molecular weight is 398 g/mol. The second-order valence-electron chi connectivity index (χ2n) is 5.52. The van der Waals surface area contributed by atoms with Crippen molar-refractivity contribution in [3.05, 3.63) is 94.6 Å². The molecule has 3 rings (SSSR count). The number of nitrogens with two attached hydrogens (primary N) is 1. The number of halogens is 1. The van der Waals surface area contributed by atoms with Crippen molar-refractivity contribution >= 4 is 35.2 Å². The van der Waals surface area contributed by atoms with E-state index in [2.05, 4.69) is 10.1 Å². The summed E-state index contributed by atoms with van der Waals surface area (Å²) in [5.74, 6) is 0.265. The summed E-state index contributed by atoms with van der Waals surface area (Å²) in [6.07, 6.45) is 1.76. The van der Waals surface area contributed by atoms with Gasteiger partial charge in [0.1, 0.15) is 0 Å². The van der Waals surface area contributed by atoms with Gasteiger partial charge in [-0.3, -0.25) is 0 Å². The summed E-state index contributed by atoms with van der Waals surface area (Å²) in [4.78, 5) is 21.2. The molecular weight excluding hydrogens is 382 g/mol. The number of hydrogen-bond donors (Lipinski definition) is 1. The Bertz CT molecular complexity index is 947. The molecule has 2 N–H and O–H groups in total. The van der Waals surface area contributed by atoms with E-state index in [1.165, 1.54) is 0 Å². The SMILES string of the molecule is NC(=NOC(=O)c1ccc(Cl)cc1)c1cccc(CSc2ccccn2)c1. The third-order valence-corrected chi connectivity index (χ3v) is 4.82. The molecule has 0 aliphatic rings. The molecule has 3 aromatic rings. The Labute approximate surface area is 166 Å². The number of oxime groups is 1. The van der Waals surface area contributed by atoms with Crippen molar-refractivity contribution in [1.29, 1.82) is 0 Å². The third-order valence-electron chi connectivity index (χ3n) is 3.55. The highest BCUT2D eigenvalue weighted by atomic mass is 35.5. The maximum atomic E-state index is 12.0. The van der Waals surface area contributed by atoms with E-state index in [-0.39, 0.29) is 5.84 Å². The van der Waals surface area contributed by atoms with Gasteiger partial charge in [0.2, 0.25) is 0 Å². The molecule has 1 heterocycles. The molecule has 0 saturated heterocycles. The van der Waals surface area contributed by atoms with E-state index < -0.39 is 5.97 Å². The van der Waals surface area contributed by atoms with Crippen molar-refractivity contribution in [2.45, 2.75) is 10.8 Å². The van der Waals surface area contributed by atoms with E-state index in [9.17, 15) is 4.79 Å². The lowest BCUT2D eigenvalue weighted by Crippen LogP contribution is -2.15. The van der Waals surface area contributed by atoms with E-state index in [4.69, 9.17) is 22.2 Å². The molecule has 7 heteroatoms. The quantitative estimate of drug-likeness (QED) is 0.218. The number of carbonyl (C=O) groups excluding carboxylic acids is 1. The van der Waals surface area contributed by atoms with Crippen LogP contribution in [0.15, 0.2) is 83.1 Å². The summed E-state index contributed by atoms with van der Waals surface area (Å²) in [5.41, 5.74) is 8.04. The van der Waals surface area contributed by atoms with Crippen LogP contribution in [0, 0.1) is 0 Å². The Balaban J connectivity index is 1.63. The van der Waals surface area contributed by atoms with Gasteiger partial charge in [0.25, 0.3) is 0 Å². The van der Waals surface area contributed by atoms with Crippen LogP contribution in [-0.4, -0.2) is 16.8 Å². The Hall–Kier alpha value is -2.83. The molecule has 0 aliphatic heterocycles. The monoisotopic (exact) mass is 397 g/mol. The Morgan fingerprint density at radius 2 is 1.89 bits per heavy atom. The number of amidine groups is 1. The zero-order valence-electron chi connectivity index (χ0n) is 14.2. The topological polar surface area (TPSA) is 77.6 Å². The first kappa shape index (κ1) is 18.9. The Morgan fingerprint density at radius 1 is 1.07 bits per heavy atom. The molecule has 0 unspecified atom stereocenters. The zero-order chi connectivity index (χ0) is 19.1. The van der Waals surface area contributed by atoms with Crippen molar-refractivity contribution in [3.63, 3.8) is 0 Å². The largest absolute Gasteiger partial charge is 0.380 e. The van der Waals surface area contributed by atoms with Gasteiger partial charge in [0.05, 0.1) is 10.6 Å². The Morgan fingerprint density at radius 3 is 2.63 bits per heavy atom. The van der Waals surface area contributed by atoms with Crippen LogP contribution < -0.4 is 5.73 Å². The summed E-state index contributed by atoms with van der Waals surface area (Å²) < 4.78 is 0. The van der Waals surface area contributed by atoms with Crippen molar-refractivity contribution in [3.8, 4) is 0 Å². The minimum atomic E-state index is -0.600. The molecule has 27 heavy (non-hydrogen) atoms. The fraction of sp³-hybridized carbons (Fsp3) is 0.0500. The van der Waals surface area contributed by atoms with E-state index in [1.54, 1.807) is 42.2 Å². The molecule has 0 saturated carbocycles. The lowest BCUT2D eigenvalue weighted by molar-refractivity contribution is 0.0516. The predicted molar refractivity (Wildman–Crippen MR) is 108 cm³/mol. The maximum Gasteiger partial charge on any atom is 0.365 e. The highest BCUT2D eigenvalue weighted by Gasteiger charge is 2.08. The third kappa shape index (κ3) is 5.57. The van der Waals surface area contributed by atoms with Gasteiger partial charge >= 0.3 is 5.97 Å². The average Bonchev–Trinajstić information content (AvgIpc) is 2.72. The van der Waals surface area contributed by atoms with Crippen molar-refractivity contribution in [1.82, 2.24) is 4.98 Å². The summed E-state index contributed by atoms with van der Waals surface area (Å²) in [7, 11) is 0. The predicted octanol–water partition coefficient (Wildman–Crippen LogP) is 4.50. The number of hydrogen-bond acceptors (Lipinski definition) is 5. The van der Waals surface area contributed by atoms with Crippen molar-refractivity contribution in [2.24, 2.45) is 10.9 Å². The molecule has 0 atom stereocenters.